The van der Waals surface area contributed by atoms with Crippen LogP contribution in [0.2, 0.25) is 0 Å². The van der Waals surface area contributed by atoms with Gasteiger partial charge in [-0.3, -0.25) is 13.9 Å². The highest BCUT2D eigenvalue weighted by molar-refractivity contribution is 7.92. The molecule has 212 valence electrons. The Morgan fingerprint density at radius 1 is 0.900 bits per heavy atom. The average molecular weight is 564 g/mol. The molecule has 0 unspecified atom stereocenters. The first-order valence-electron chi connectivity index (χ1n) is 13.6. The van der Waals surface area contributed by atoms with Crippen LogP contribution in [0, 0.1) is 0 Å². The standard InChI is InChI=1S/C31H37N3O5S/c1-24(31(36)32-26-14-8-4-9-15-26)33(22-25-12-6-3-7-13-25)30(35)23-34(27-18-20-28(39-2)21-19-27)40(37,38)29-16-10-5-11-17-29/h3,5-7,10-13,16-21,24,26H,4,8-9,14-15,22-23H2,1-2H3,(H,32,36)/t24-/m1/s1. The van der Waals surface area contributed by atoms with Crippen molar-refractivity contribution >= 4 is 27.5 Å². The second-order valence-electron chi connectivity index (χ2n) is 10.0. The number of hydrogen-bond donors (Lipinski definition) is 1. The van der Waals surface area contributed by atoms with Crippen molar-refractivity contribution in [2.75, 3.05) is 18.0 Å². The average Bonchev–Trinajstić information content (AvgIpc) is 2.99. The summed E-state index contributed by atoms with van der Waals surface area (Å²) >= 11 is 0. The summed E-state index contributed by atoms with van der Waals surface area (Å²) in [6, 6.07) is 23.2. The first-order valence-corrected chi connectivity index (χ1v) is 15.1. The highest BCUT2D eigenvalue weighted by Gasteiger charge is 2.33. The quantitative estimate of drug-likeness (QED) is 0.363. The van der Waals surface area contributed by atoms with Crippen molar-refractivity contribution in [1.29, 1.82) is 0 Å². The molecule has 0 radical (unpaired) electrons. The SMILES string of the molecule is COc1ccc(N(CC(=O)N(Cc2ccccc2)[C@H](C)C(=O)NC2CCCCC2)S(=O)(=O)c2ccccc2)cc1. The maximum Gasteiger partial charge on any atom is 0.264 e. The maximum absolute atomic E-state index is 14.0. The molecular formula is C31H37N3O5S. The molecule has 3 aromatic carbocycles. The fourth-order valence-corrected chi connectivity index (χ4v) is 6.36. The van der Waals surface area contributed by atoms with Crippen LogP contribution in [0.5, 0.6) is 5.75 Å². The number of carbonyl (C=O) groups is 2. The van der Waals surface area contributed by atoms with Gasteiger partial charge in [0.15, 0.2) is 0 Å². The van der Waals surface area contributed by atoms with E-state index in [4.69, 9.17) is 4.74 Å². The van der Waals surface area contributed by atoms with E-state index in [9.17, 15) is 18.0 Å². The van der Waals surface area contributed by atoms with E-state index in [2.05, 4.69) is 5.32 Å². The zero-order valence-electron chi connectivity index (χ0n) is 23.0. The molecule has 9 heteroatoms. The molecule has 0 bridgehead atoms. The number of anilines is 1. The summed E-state index contributed by atoms with van der Waals surface area (Å²) in [4.78, 5) is 28.9. The Hall–Kier alpha value is -3.85. The van der Waals surface area contributed by atoms with Crippen LogP contribution in [0.15, 0.2) is 89.8 Å². The van der Waals surface area contributed by atoms with Crippen LogP contribution in [0.1, 0.15) is 44.6 Å². The molecule has 0 spiro atoms. The minimum absolute atomic E-state index is 0.0660. The molecule has 3 aromatic rings. The lowest BCUT2D eigenvalue weighted by Crippen LogP contribution is -2.53. The fourth-order valence-electron chi connectivity index (χ4n) is 4.93. The molecule has 0 saturated heterocycles. The number of hydrogen-bond acceptors (Lipinski definition) is 5. The van der Waals surface area contributed by atoms with E-state index in [1.807, 2.05) is 30.3 Å². The Morgan fingerprint density at radius 2 is 1.50 bits per heavy atom. The maximum atomic E-state index is 14.0. The summed E-state index contributed by atoms with van der Waals surface area (Å²) < 4.78 is 34.0. The first kappa shape index (κ1) is 29.1. The first-order chi connectivity index (χ1) is 19.3. The molecule has 1 aliphatic rings. The van der Waals surface area contributed by atoms with Crippen LogP contribution >= 0.6 is 0 Å². The van der Waals surface area contributed by atoms with E-state index in [0.717, 1.165) is 42.0 Å². The minimum atomic E-state index is -4.10. The molecule has 1 fully saturated rings. The molecule has 1 saturated carbocycles. The highest BCUT2D eigenvalue weighted by atomic mass is 32.2. The summed E-state index contributed by atoms with van der Waals surface area (Å²) in [6.07, 6.45) is 5.15. The van der Waals surface area contributed by atoms with Gasteiger partial charge in [-0.1, -0.05) is 67.8 Å². The number of ether oxygens (including phenoxy) is 1. The van der Waals surface area contributed by atoms with Gasteiger partial charge in [-0.2, -0.15) is 0 Å². The lowest BCUT2D eigenvalue weighted by molar-refractivity contribution is -0.139. The Balaban J connectivity index is 1.65. The Morgan fingerprint density at radius 3 is 2.10 bits per heavy atom. The Kier molecular flexibility index (Phi) is 9.82. The van der Waals surface area contributed by atoms with E-state index in [0.29, 0.717) is 11.4 Å². The van der Waals surface area contributed by atoms with Crippen molar-refractivity contribution in [3.05, 3.63) is 90.5 Å². The molecule has 1 atom stereocenters. The number of rotatable bonds is 11. The van der Waals surface area contributed by atoms with Crippen LogP contribution in [0.25, 0.3) is 0 Å². The topological polar surface area (TPSA) is 96.0 Å². The van der Waals surface area contributed by atoms with Gasteiger partial charge in [0.05, 0.1) is 17.7 Å². The second kappa shape index (κ2) is 13.5. The molecule has 1 aliphatic carbocycles. The number of amides is 2. The second-order valence-corrected chi connectivity index (χ2v) is 11.9. The van der Waals surface area contributed by atoms with Gasteiger partial charge in [0.1, 0.15) is 18.3 Å². The molecule has 8 nitrogen and oxygen atoms in total. The molecule has 0 heterocycles. The van der Waals surface area contributed by atoms with E-state index in [-0.39, 0.29) is 23.4 Å². The molecule has 0 aromatic heterocycles. The van der Waals surface area contributed by atoms with Crippen molar-refractivity contribution in [3.8, 4) is 5.75 Å². The van der Waals surface area contributed by atoms with Gasteiger partial charge in [0.25, 0.3) is 10.0 Å². The van der Waals surface area contributed by atoms with Gasteiger partial charge >= 0.3 is 0 Å². The predicted molar refractivity (Wildman–Crippen MR) is 155 cm³/mol. The van der Waals surface area contributed by atoms with Crippen molar-refractivity contribution in [2.45, 2.75) is 62.6 Å². The zero-order valence-corrected chi connectivity index (χ0v) is 23.8. The third-order valence-corrected chi connectivity index (χ3v) is 9.07. The van der Waals surface area contributed by atoms with Crippen LogP contribution in [-0.2, 0) is 26.2 Å². The highest BCUT2D eigenvalue weighted by Crippen LogP contribution is 2.26. The van der Waals surface area contributed by atoms with E-state index in [1.165, 1.54) is 24.1 Å². The van der Waals surface area contributed by atoms with E-state index < -0.39 is 28.5 Å². The van der Waals surface area contributed by atoms with Gasteiger partial charge in [-0.25, -0.2) is 8.42 Å². The van der Waals surface area contributed by atoms with Gasteiger partial charge in [0, 0.05) is 12.6 Å². The van der Waals surface area contributed by atoms with E-state index in [1.54, 1.807) is 49.4 Å². The molecule has 2 amide bonds. The third kappa shape index (κ3) is 7.21. The minimum Gasteiger partial charge on any atom is -0.497 e. The van der Waals surface area contributed by atoms with E-state index >= 15 is 0 Å². The zero-order chi connectivity index (χ0) is 28.5. The molecule has 1 N–H and O–H groups in total. The van der Waals surface area contributed by atoms with Crippen LogP contribution < -0.4 is 14.4 Å². The van der Waals surface area contributed by atoms with Gasteiger partial charge in [0.2, 0.25) is 11.8 Å². The van der Waals surface area contributed by atoms with Crippen molar-refractivity contribution in [3.63, 3.8) is 0 Å². The molecule has 40 heavy (non-hydrogen) atoms. The number of nitrogens with zero attached hydrogens (tertiary/aromatic N) is 2. The van der Waals surface area contributed by atoms with Crippen molar-refractivity contribution < 1.29 is 22.7 Å². The van der Waals surface area contributed by atoms with Crippen molar-refractivity contribution in [2.24, 2.45) is 0 Å². The normalized spacial score (nSPS) is 14.7. The summed E-state index contributed by atoms with van der Waals surface area (Å²) in [5.74, 6) is -0.158. The molecule has 4 rings (SSSR count). The Bertz CT molecular complexity index is 1360. The van der Waals surface area contributed by atoms with Gasteiger partial charge in [-0.15, -0.1) is 0 Å². The third-order valence-electron chi connectivity index (χ3n) is 7.29. The number of benzene rings is 3. The summed E-state index contributed by atoms with van der Waals surface area (Å²) in [6.45, 7) is 1.39. The lowest BCUT2D eigenvalue weighted by atomic mass is 9.95. The predicted octanol–water partition coefficient (Wildman–Crippen LogP) is 4.76. The van der Waals surface area contributed by atoms with Crippen LogP contribution in [0.4, 0.5) is 5.69 Å². The number of carbonyl (C=O) groups excluding carboxylic acids is 2. The lowest BCUT2D eigenvalue weighted by Gasteiger charge is -2.33. The van der Waals surface area contributed by atoms with Crippen LogP contribution in [0.3, 0.4) is 0 Å². The smallest absolute Gasteiger partial charge is 0.264 e. The summed E-state index contributed by atoms with van der Waals surface area (Å²) in [7, 11) is -2.57. The summed E-state index contributed by atoms with van der Waals surface area (Å²) in [5, 5.41) is 3.11. The molecular weight excluding hydrogens is 526 g/mol. The monoisotopic (exact) mass is 563 g/mol. The number of sulfonamides is 1. The Labute approximate surface area is 237 Å². The van der Waals surface area contributed by atoms with Gasteiger partial charge < -0.3 is 15.0 Å². The molecule has 0 aliphatic heterocycles. The van der Waals surface area contributed by atoms with Crippen LogP contribution in [-0.4, -0.2) is 50.9 Å². The number of nitrogens with one attached hydrogen (secondary N) is 1. The van der Waals surface area contributed by atoms with Crippen molar-refractivity contribution in [1.82, 2.24) is 10.2 Å². The summed E-state index contributed by atoms with van der Waals surface area (Å²) in [5.41, 5.74) is 1.16. The van der Waals surface area contributed by atoms with Gasteiger partial charge in [-0.05, 0) is 61.7 Å². The fraction of sp³-hybridized carbons (Fsp3) is 0.355. The largest absolute Gasteiger partial charge is 0.497 e. The number of methoxy groups -OCH3 is 1.